The molecule has 0 radical (unpaired) electrons. The summed E-state index contributed by atoms with van der Waals surface area (Å²) in [6.45, 7) is 2.09. The van der Waals surface area contributed by atoms with Crippen LogP contribution in [0.2, 0.25) is 10.0 Å². The molecule has 2 atom stereocenters. The number of rotatable bonds is 7. The molecular formula is C14H20Cl2N2O3. The molecule has 0 saturated heterocycles. The molecule has 0 aliphatic carbocycles. The van der Waals surface area contributed by atoms with E-state index in [1.807, 2.05) is 0 Å². The van der Waals surface area contributed by atoms with Gasteiger partial charge in [0.25, 0.3) is 0 Å². The van der Waals surface area contributed by atoms with Gasteiger partial charge >= 0.3 is 0 Å². The summed E-state index contributed by atoms with van der Waals surface area (Å²) in [7, 11) is 3.37. The average molecular weight is 335 g/mol. The molecule has 2 unspecified atom stereocenters. The van der Waals surface area contributed by atoms with E-state index in [-0.39, 0.29) is 25.1 Å². The molecule has 0 heterocycles. The van der Waals surface area contributed by atoms with Crippen molar-refractivity contribution in [3.63, 3.8) is 0 Å². The van der Waals surface area contributed by atoms with Crippen LogP contribution in [0.3, 0.4) is 0 Å². The van der Waals surface area contributed by atoms with Crippen LogP contribution in [-0.4, -0.2) is 55.3 Å². The Kier molecular flexibility index (Phi) is 7.25. The summed E-state index contributed by atoms with van der Waals surface area (Å²) in [4.78, 5) is 13.1. The zero-order valence-electron chi connectivity index (χ0n) is 12.3. The molecule has 0 spiro atoms. The van der Waals surface area contributed by atoms with E-state index < -0.39 is 6.10 Å². The van der Waals surface area contributed by atoms with Gasteiger partial charge in [0.1, 0.15) is 18.5 Å². The molecule has 2 N–H and O–H groups in total. The molecule has 1 aromatic rings. The summed E-state index contributed by atoms with van der Waals surface area (Å²) < 4.78 is 5.42. The number of halogens is 2. The van der Waals surface area contributed by atoms with Crippen LogP contribution in [0.4, 0.5) is 0 Å². The number of hydrogen-bond donors (Lipinski definition) is 2. The van der Waals surface area contributed by atoms with E-state index in [0.717, 1.165) is 0 Å². The molecule has 0 aromatic heterocycles. The van der Waals surface area contributed by atoms with Crippen molar-refractivity contribution in [2.45, 2.75) is 19.1 Å². The number of benzene rings is 1. The number of hydrogen-bond acceptors (Lipinski definition) is 4. The fraction of sp³-hybridized carbons (Fsp3) is 0.500. The molecule has 7 heteroatoms. The fourth-order valence-electron chi connectivity index (χ4n) is 1.61. The summed E-state index contributed by atoms with van der Waals surface area (Å²) in [5.74, 6) is 0.480. The molecule has 5 nitrogen and oxygen atoms in total. The van der Waals surface area contributed by atoms with E-state index in [2.05, 4.69) is 5.32 Å². The maximum atomic E-state index is 11.6. The van der Waals surface area contributed by atoms with Gasteiger partial charge in [-0.05, 0) is 19.1 Å². The lowest BCUT2D eigenvalue weighted by atomic mass is 10.2. The molecule has 0 aliphatic rings. The Hall–Kier alpha value is -1.01. The minimum Gasteiger partial charge on any atom is -0.491 e. The number of nitrogens with zero attached hydrogens (tertiary/aromatic N) is 1. The van der Waals surface area contributed by atoms with Crippen LogP contribution < -0.4 is 10.1 Å². The van der Waals surface area contributed by atoms with Crippen LogP contribution in [0.1, 0.15) is 6.92 Å². The van der Waals surface area contributed by atoms with Gasteiger partial charge in [0.05, 0.1) is 16.1 Å². The van der Waals surface area contributed by atoms with Gasteiger partial charge in [-0.2, -0.15) is 0 Å². The average Bonchev–Trinajstić information content (AvgIpc) is 2.44. The zero-order valence-corrected chi connectivity index (χ0v) is 13.8. The summed E-state index contributed by atoms with van der Waals surface area (Å²) in [6.07, 6.45) is -0.739. The fourth-order valence-corrected chi connectivity index (χ4v) is 1.89. The van der Waals surface area contributed by atoms with Crippen LogP contribution in [0.15, 0.2) is 18.2 Å². The Morgan fingerprint density at radius 3 is 2.62 bits per heavy atom. The smallest absolute Gasteiger partial charge is 0.238 e. The second-order valence-corrected chi connectivity index (χ2v) is 5.72. The van der Waals surface area contributed by atoms with Crippen LogP contribution in [0.5, 0.6) is 5.75 Å². The molecule has 0 saturated carbocycles. The summed E-state index contributed by atoms with van der Waals surface area (Å²) >= 11 is 11.7. The zero-order chi connectivity index (χ0) is 16.0. The van der Waals surface area contributed by atoms with E-state index in [1.54, 1.807) is 39.2 Å². The van der Waals surface area contributed by atoms with Gasteiger partial charge in [-0.15, -0.1) is 0 Å². The first kappa shape index (κ1) is 18.0. The minimum absolute atomic E-state index is 0.0485. The van der Waals surface area contributed by atoms with E-state index >= 15 is 0 Å². The molecule has 1 aromatic carbocycles. The molecule has 0 fully saturated rings. The highest BCUT2D eigenvalue weighted by Gasteiger charge is 2.15. The highest BCUT2D eigenvalue weighted by atomic mass is 35.5. The Labute approximate surface area is 134 Å². The standard InChI is InChI=1S/C14H20Cl2N2O3/c1-9(14(20)18(2)3)17-7-10(19)8-21-11-4-5-12(15)13(16)6-11/h4-6,9-10,17,19H,7-8H2,1-3H3. The van der Waals surface area contributed by atoms with Crippen LogP contribution in [0.25, 0.3) is 0 Å². The van der Waals surface area contributed by atoms with Crippen molar-refractivity contribution in [2.75, 3.05) is 27.2 Å². The van der Waals surface area contributed by atoms with Gasteiger partial charge in [0.2, 0.25) is 5.91 Å². The second-order valence-electron chi connectivity index (χ2n) is 4.90. The molecule has 1 amide bonds. The third-order valence-electron chi connectivity index (χ3n) is 2.80. The van der Waals surface area contributed by atoms with Crippen molar-refractivity contribution in [3.05, 3.63) is 28.2 Å². The molecule has 1 rings (SSSR count). The second kappa shape index (κ2) is 8.44. The maximum absolute atomic E-state index is 11.6. The predicted octanol–water partition coefficient (Wildman–Crippen LogP) is 1.80. The van der Waals surface area contributed by atoms with Gasteiger partial charge in [0.15, 0.2) is 0 Å². The summed E-state index contributed by atoms with van der Waals surface area (Å²) in [6, 6.07) is 4.52. The quantitative estimate of drug-likeness (QED) is 0.798. The van der Waals surface area contributed by atoms with Crippen LogP contribution in [0, 0.1) is 0 Å². The number of aliphatic hydroxyl groups is 1. The highest BCUT2D eigenvalue weighted by Crippen LogP contribution is 2.26. The minimum atomic E-state index is -0.739. The van der Waals surface area contributed by atoms with Gasteiger partial charge in [-0.3, -0.25) is 4.79 Å². The van der Waals surface area contributed by atoms with E-state index in [9.17, 15) is 9.90 Å². The Balaban J connectivity index is 2.35. The number of nitrogens with one attached hydrogen (secondary N) is 1. The third kappa shape index (κ3) is 6.09. The molecule has 0 aliphatic heterocycles. The first-order valence-corrected chi connectivity index (χ1v) is 7.27. The molecule has 0 bridgehead atoms. The molecule has 118 valence electrons. The van der Waals surface area contributed by atoms with Gasteiger partial charge in [-0.25, -0.2) is 0 Å². The van der Waals surface area contributed by atoms with Gasteiger partial charge in [-0.1, -0.05) is 23.2 Å². The topological polar surface area (TPSA) is 61.8 Å². The highest BCUT2D eigenvalue weighted by molar-refractivity contribution is 6.42. The molecular weight excluding hydrogens is 315 g/mol. The Morgan fingerprint density at radius 1 is 1.38 bits per heavy atom. The largest absolute Gasteiger partial charge is 0.491 e. The van der Waals surface area contributed by atoms with E-state index in [4.69, 9.17) is 27.9 Å². The van der Waals surface area contributed by atoms with Crippen molar-refractivity contribution in [2.24, 2.45) is 0 Å². The number of carbonyl (C=O) groups is 1. The van der Waals surface area contributed by atoms with Crippen molar-refractivity contribution < 1.29 is 14.6 Å². The summed E-state index contributed by atoms with van der Waals surface area (Å²) in [5, 5.41) is 13.6. The van der Waals surface area contributed by atoms with Gasteiger partial charge < -0.3 is 20.1 Å². The van der Waals surface area contributed by atoms with Crippen molar-refractivity contribution in [1.29, 1.82) is 0 Å². The SMILES string of the molecule is CC(NCC(O)COc1ccc(Cl)c(Cl)c1)C(=O)N(C)C. The van der Waals surface area contributed by atoms with E-state index in [0.29, 0.717) is 15.8 Å². The number of likely N-dealkylation sites (N-methyl/N-ethyl adjacent to an activating group) is 1. The Morgan fingerprint density at radius 2 is 2.05 bits per heavy atom. The molecule has 21 heavy (non-hydrogen) atoms. The number of carbonyl (C=O) groups excluding carboxylic acids is 1. The van der Waals surface area contributed by atoms with E-state index in [1.165, 1.54) is 4.90 Å². The monoisotopic (exact) mass is 334 g/mol. The first-order valence-electron chi connectivity index (χ1n) is 6.51. The lowest BCUT2D eigenvalue weighted by Crippen LogP contribution is -2.45. The predicted molar refractivity (Wildman–Crippen MR) is 84.1 cm³/mol. The number of aliphatic hydroxyl groups excluding tert-OH is 1. The Bertz CT molecular complexity index is 483. The maximum Gasteiger partial charge on any atom is 0.238 e. The van der Waals surface area contributed by atoms with Crippen molar-refractivity contribution >= 4 is 29.1 Å². The van der Waals surface area contributed by atoms with Crippen molar-refractivity contribution in [3.8, 4) is 5.75 Å². The number of amides is 1. The number of ether oxygens (including phenoxy) is 1. The third-order valence-corrected chi connectivity index (χ3v) is 3.54. The van der Waals surface area contributed by atoms with Crippen LogP contribution >= 0.6 is 23.2 Å². The van der Waals surface area contributed by atoms with Gasteiger partial charge in [0, 0.05) is 26.7 Å². The lowest BCUT2D eigenvalue weighted by Gasteiger charge is -2.20. The van der Waals surface area contributed by atoms with Crippen molar-refractivity contribution in [1.82, 2.24) is 10.2 Å². The first-order chi connectivity index (χ1) is 9.81. The normalized spacial score (nSPS) is 13.6. The lowest BCUT2D eigenvalue weighted by molar-refractivity contribution is -0.130. The van der Waals surface area contributed by atoms with Crippen LogP contribution in [-0.2, 0) is 4.79 Å². The summed E-state index contributed by atoms with van der Waals surface area (Å²) in [5.41, 5.74) is 0.